The monoisotopic (exact) mass is 260 g/mol. The molecule has 2 nitrogen and oxygen atoms in total. The van der Waals surface area contributed by atoms with Crippen molar-refractivity contribution in [3.63, 3.8) is 0 Å². The molecule has 1 aromatic carbocycles. The van der Waals surface area contributed by atoms with Crippen LogP contribution in [-0.4, -0.2) is 9.78 Å². The van der Waals surface area contributed by atoms with E-state index in [0.717, 1.165) is 5.69 Å². The summed E-state index contributed by atoms with van der Waals surface area (Å²) in [7, 11) is 0. The van der Waals surface area contributed by atoms with E-state index >= 15 is 0 Å². The van der Waals surface area contributed by atoms with Crippen LogP contribution in [0.1, 0.15) is 11.1 Å². The standard InChI is InChI=1S/C11H11N2.Y/c1-9-7-12-13(8-9)11-6-4-3-5-10(11)2;/h3,5-8H,1-2H3;/q-1;. The third-order valence-electron chi connectivity index (χ3n) is 2.01. The van der Waals surface area contributed by atoms with E-state index in [4.69, 9.17) is 0 Å². The van der Waals surface area contributed by atoms with Crippen LogP contribution in [0.25, 0.3) is 5.69 Å². The van der Waals surface area contributed by atoms with E-state index in [1.807, 2.05) is 42.2 Å². The third-order valence-corrected chi connectivity index (χ3v) is 2.01. The predicted molar refractivity (Wildman–Crippen MR) is 51.9 cm³/mol. The zero-order valence-corrected chi connectivity index (χ0v) is 11.2. The zero-order chi connectivity index (χ0) is 9.26. The van der Waals surface area contributed by atoms with Gasteiger partial charge in [-0.25, -0.2) is 0 Å². The molecule has 2 rings (SSSR count). The first-order valence-corrected chi connectivity index (χ1v) is 4.26. The van der Waals surface area contributed by atoms with Crippen LogP contribution in [-0.2, 0) is 32.7 Å². The number of benzene rings is 1. The summed E-state index contributed by atoms with van der Waals surface area (Å²) in [5.41, 5.74) is 3.47. The maximum Gasteiger partial charge on any atom is 0.0511 e. The van der Waals surface area contributed by atoms with Crippen LogP contribution in [0.4, 0.5) is 0 Å². The minimum atomic E-state index is 0. The van der Waals surface area contributed by atoms with E-state index in [2.05, 4.69) is 18.1 Å². The number of aryl methyl sites for hydroxylation is 2. The molecule has 2 aromatic rings. The Hall–Kier alpha value is -0.466. The Kier molecular flexibility index (Phi) is 4.02. The van der Waals surface area contributed by atoms with E-state index in [1.165, 1.54) is 11.1 Å². The van der Waals surface area contributed by atoms with Crippen LogP contribution in [0.5, 0.6) is 0 Å². The fraction of sp³-hybridized carbons (Fsp3) is 0.182. The molecule has 0 saturated heterocycles. The predicted octanol–water partition coefficient (Wildman–Crippen LogP) is 2.29. The van der Waals surface area contributed by atoms with Gasteiger partial charge in [-0.15, -0.1) is 5.56 Å². The van der Waals surface area contributed by atoms with Gasteiger partial charge in [0.15, 0.2) is 0 Å². The van der Waals surface area contributed by atoms with Gasteiger partial charge in [-0.1, -0.05) is 6.92 Å². The SMILES string of the molecule is Cc1cnn(-c2c[c-]ccc2C)c1.[Y]. The second-order valence-corrected chi connectivity index (χ2v) is 3.17. The van der Waals surface area contributed by atoms with Crippen LogP contribution in [0.2, 0.25) is 0 Å². The summed E-state index contributed by atoms with van der Waals surface area (Å²) in [5, 5.41) is 4.24. The first-order chi connectivity index (χ1) is 6.27. The second-order valence-electron chi connectivity index (χ2n) is 3.17. The van der Waals surface area contributed by atoms with E-state index in [1.54, 1.807) is 0 Å². The van der Waals surface area contributed by atoms with Crippen LogP contribution in [0.15, 0.2) is 30.6 Å². The zero-order valence-electron chi connectivity index (χ0n) is 8.36. The minimum absolute atomic E-state index is 0. The van der Waals surface area contributed by atoms with E-state index in [-0.39, 0.29) is 32.7 Å². The Morgan fingerprint density at radius 1 is 1.36 bits per heavy atom. The number of rotatable bonds is 1. The molecule has 0 aliphatic heterocycles. The smallest absolute Gasteiger partial charge is 0.0511 e. The van der Waals surface area contributed by atoms with Gasteiger partial charge >= 0.3 is 0 Å². The molecule has 1 heterocycles. The molecule has 0 N–H and O–H groups in total. The van der Waals surface area contributed by atoms with Gasteiger partial charge in [-0.05, 0) is 18.2 Å². The van der Waals surface area contributed by atoms with Gasteiger partial charge in [-0.3, -0.25) is 4.68 Å². The average molecular weight is 260 g/mol. The van der Waals surface area contributed by atoms with Crippen LogP contribution in [0, 0.1) is 19.9 Å². The molecule has 69 valence electrons. The quantitative estimate of drug-likeness (QED) is 0.719. The fourth-order valence-electron chi connectivity index (χ4n) is 1.29. The summed E-state index contributed by atoms with van der Waals surface area (Å²) >= 11 is 0. The second kappa shape index (κ2) is 4.85. The van der Waals surface area contributed by atoms with Crippen molar-refractivity contribution < 1.29 is 32.7 Å². The van der Waals surface area contributed by atoms with Gasteiger partial charge in [-0.2, -0.15) is 29.4 Å². The minimum Gasteiger partial charge on any atom is -0.294 e. The molecule has 0 spiro atoms. The third kappa shape index (κ3) is 2.31. The van der Waals surface area contributed by atoms with Crippen LogP contribution in [0.3, 0.4) is 0 Å². The van der Waals surface area contributed by atoms with E-state index < -0.39 is 0 Å². The fourth-order valence-corrected chi connectivity index (χ4v) is 1.29. The first-order valence-electron chi connectivity index (χ1n) is 4.26. The van der Waals surface area contributed by atoms with Gasteiger partial charge in [0.05, 0.1) is 6.20 Å². The van der Waals surface area contributed by atoms with Crippen molar-refractivity contribution in [1.29, 1.82) is 0 Å². The van der Waals surface area contributed by atoms with Gasteiger partial charge in [0, 0.05) is 38.9 Å². The molecule has 0 amide bonds. The number of nitrogens with zero attached hydrogens (tertiary/aromatic N) is 2. The summed E-state index contributed by atoms with van der Waals surface area (Å²) in [6.45, 7) is 4.10. The van der Waals surface area contributed by atoms with Crippen molar-refractivity contribution in [2.45, 2.75) is 13.8 Å². The Morgan fingerprint density at radius 2 is 2.14 bits per heavy atom. The van der Waals surface area contributed by atoms with Crippen molar-refractivity contribution >= 4 is 0 Å². The maximum atomic E-state index is 4.24. The molecule has 1 radical (unpaired) electrons. The van der Waals surface area contributed by atoms with Gasteiger partial charge in [0.25, 0.3) is 0 Å². The molecular formula is C11H11N2Y-. The summed E-state index contributed by atoms with van der Waals surface area (Å²) in [4.78, 5) is 0. The largest absolute Gasteiger partial charge is 0.294 e. The molecule has 0 unspecified atom stereocenters. The molecule has 14 heavy (non-hydrogen) atoms. The van der Waals surface area contributed by atoms with Crippen LogP contribution >= 0.6 is 0 Å². The van der Waals surface area contributed by atoms with Crippen molar-refractivity contribution in [2.75, 3.05) is 0 Å². The Balaban J connectivity index is 0.000000980. The topological polar surface area (TPSA) is 17.8 Å². The molecule has 0 bridgehead atoms. The Morgan fingerprint density at radius 3 is 2.71 bits per heavy atom. The molecule has 0 aliphatic rings. The van der Waals surface area contributed by atoms with E-state index in [0.29, 0.717) is 0 Å². The molecule has 3 heteroatoms. The summed E-state index contributed by atoms with van der Waals surface area (Å²) in [5.74, 6) is 0. The normalized spacial score (nSPS) is 9.57. The number of hydrogen-bond donors (Lipinski definition) is 0. The summed E-state index contributed by atoms with van der Waals surface area (Å²) in [6, 6.07) is 8.94. The maximum absolute atomic E-state index is 4.24. The molecule has 0 atom stereocenters. The average Bonchev–Trinajstić information content (AvgIpc) is 2.53. The van der Waals surface area contributed by atoms with E-state index in [9.17, 15) is 0 Å². The van der Waals surface area contributed by atoms with Gasteiger partial charge in [0.2, 0.25) is 0 Å². The molecule has 0 fully saturated rings. The Bertz CT molecular complexity index is 421. The molecular weight excluding hydrogens is 249 g/mol. The van der Waals surface area contributed by atoms with Gasteiger partial charge in [0.1, 0.15) is 0 Å². The molecule has 0 saturated carbocycles. The number of aromatic nitrogens is 2. The van der Waals surface area contributed by atoms with Crippen molar-refractivity contribution in [3.8, 4) is 5.69 Å². The Labute approximate surface area is 109 Å². The van der Waals surface area contributed by atoms with Crippen molar-refractivity contribution in [3.05, 3.63) is 47.8 Å². The summed E-state index contributed by atoms with van der Waals surface area (Å²) < 4.78 is 1.88. The van der Waals surface area contributed by atoms with Gasteiger partial charge < -0.3 is 0 Å². The first kappa shape index (κ1) is 11.6. The molecule has 0 aliphatic carbocycles. The molecule has 1 aromatic heterocycles. The number of hydrogen-bond acceptors (Lipinski definition) is 1. The summed E-state index contributed by atoms with van der Waals surface area (Å²) in [6.07, 6.45) is 3.86. The van der Waals surface area contributed by atoms with Crippen molar-refractivity contribution in [2.24, 2.45) is 0 Å². The van der Waals surface area contributed by atoms with Crippen molar-refractivity contribution in [1.82, 2.24) is 9.78 Å². The van der Waals surface area contributed by atoms with Crippen LogP contribution < -0.4 is 0 Å².